The SMILES string of the molecule is CN1C=C(Br)C=NC1C(=O)Nc1ccc(F)c(CN=C(N)SCC2CCCCC2)c1. The summed E-state index contributed by atoms with van der Waals surface area (Å²) in [6.45, 7) is 0.135. The van der Waals surface area contributed by atoms with Crippen LogP contribution in [0.5, 0.6) is 0 Å². The smallest absolute Gasteiger partial charge is 0.269 e. The first-order valence-electron chi connectivity index (χ1n) is 10.1. The van der Waals surface area contributed by atoms with Crippen LogP contribution in [0.2, 0.25) is 0 Å². The van der Waals surface area contributed by atoms with Crippen molar-refractivity contribution in [1.82, 2.24) is 4.90 Å². The quantitative estimate of drug-likeness (QED) is 0.450. The molecule has 3 rings (SSSR count). The minimum atomic E-state index is -0.676. The van der Waals surface area contributed by atoms with Crippen molar-refractivity contribution < 1.29 is 9.18 Å². The van der Waals surface area contributed by atoms with E-state index in [1.54, 1.807) is 42.2 Å². The molecule has 1 aliphatic carbocycles. The van der Waals surface area contributed by atoms with E-state index in [0.717, 1.165) is 10.2 Å². The van der Waals surface area contributed by atoms with Gasteiger partial charge in [-0.25, -0.2) is 4.39 Å². The number of nitrogens with one attached hydrogen (secondary N) is 1. The lowest BCUT2D eigenvalue weighted by Gasteiger charge is -2.25. The Labute approximate surface area is 189 Å². The summed E-state index contributed by atoms with van der Waals surface area (Å²) in [6.07, 6.45) is 9.10. The molecule has 6 nitrogen and oxygen atoms in total. The summed E-state index contributed by atoms with van der Waals surface area (Å²) in [6, 6.07) is 4.45. The molecule has 1 heterocycles. The highest BCUT2D eigenvalue weighted by Gasteiger charge is 2.23. The van der Waals surface area contributed by atoms with Crippen LogP contribution in [0.3, 0.4) is 0 Å². The Morgan fingerprint density at radius 2 is 2.17 bits per heavy atom. The Balaban J connectivity index is 1.56. The molecule has 1 atom stereocenters. The van der Waals surface area contributed by atoms with Crippen LogP contribution in [0.1, 0.15) is 37.7 Å². The third kappa shape index (κ3) is 6.57. The van der Waals surface area contributed by atoms with E-state index < -0.39 is 6.17 Å². The number of benzene rings is 1. The van der Waals surface area contributed by atoms with Crippen molar-refractivity contribution in [2.75, 3.05) is 18.1 Å². The molecule has 1 fully saturated rings. The number of halogens is 2. The van der Waals surface area contributed by atoms with Gasteiger partial charge >= 0.3 is 0 Å². The standard InChI is InChI=1S/C21H27BrFN5OS/c1-28-12-16(22)11-25-19(28)20(29)27-17-7-8-18(23)15(9-17)10-26-21(24)30-13-14-5-3-2-4-6-14/h7-9,11-12,14,19H,2-6,10,13H2,1H3,(H2,24,26)(H,27,29). The lowest BCUT2D eigenvalue weighted by Crippen LogP contribution is -2.39. The second-order valence-corrected chi connectivity index (χ2v) is 9.55. The van der Waals surface area contributed by atoms with E-state index in [1.807, 2.05) is 0 Å². The van der Waals surface area contributed by atoms with Gasteiger partial charge in [-0.2, -0.15) is 0 Å². The number of amidine groups is 1. The van der Waals surface area contributed by atoms with Crippen molar-refractivity contribution in [3.63, 3.8) is 0 Å². The average molecular weight is 496 g/mol. The number of nitrogens with zero attached hydrogens (tertiary/aromatic N) is 3. The number of nitrogens with two attached hydrogens (primary N) is 1. The molecule has 2 aliphatic rings. The molecule has 9 heteroatoms. The van der Waals surface area contributed by atoms with Crippen molar-refractivity contribution in [3.8, 4) is 0 Å². The molecule has 1 aromatic carbocycles. The van der Waals surface area contributed by atoms with Crippen molar-refractivity contribution in [1.29, 1.82) is 0 Å². The van der Waals surface area contributed by atoms with Crippen LogP contribution in [-0.2, 0) is 11.3 Å². The van der Waals surface area contributed by atoms with Gasteiger partial charge in [-0.3, -0.25) is 14.8 Å². The zero-order valence-corrected chi connectivity index (χ0v) is 19.4. The maximum Gasteiger partial charge on any atom is 0.269 e. The summed E-state index contributed by atoms with van der Waals surface area (Å²) in [7, 11) is 1.76. The Hall–Kier alpha value is -1.87. The molecule has 30 heavy (non-hydrogen) atoms. The maximum atomic E-state index is 14.2. The summed E-state index contributed by atoms with van der Waals surface area (Å²) in [4.78, 5) is 22.8. The summed E-state index contributed by atoms with van der Waals surface area (Å²) in [5.74, 6) is 0.993. The number of hydrogen-bond donors (Lipinski definition) is 2. The first-order valence-corrected chi connectivity index (χ1v) is 11.8. The number of carbonyl (C=O) groups excluding carboxylic acids is 1. The molecule has 0 radical (unpaired) electrons. The minimum absolute atomic E-state index is 0.135. The molecule has 1 amide bonds. The van der Waals surface area contributed by atoms with Crippen LogP contribution in [0.25, 0.3) is 0 Å². The zero-order valence-electron chi connectivity index (χ0n) is 17.0. The van der Waals surface area contributed by atoms with E-state index in [0.29, 0.717) is 22.3 Å². The predicted octanol–water partition coefficient (Wildman–Crippen LogP) is 4.47. The molecular formula is C21H27BrFN5OS. The predicted molar refractivity (Wildman–Crippen MR) is 126 cm³/mol. The molecule has 0 aromatic heterocycles. The molecule has 1 aliphatic heterocycles. The average Bonchev–Trinajstić information content (AvgIpc) is 2.73. The van der Waals surface area contributed by atoms with Crippen molar-refractivity contribution in [2.45, 2.75) is 44.8 Å². The third-order valence-electron chi connectivity index (χ3n) is 5.20. The highest BCUT2D eigenvalue weighted by Crippen LogP contribution is 2.27. The number of carbonyl (C=O) groups is 1. The summed E-state index contributed by atoms with van der Waals surface area (Å²) in [5, 5.41) is 3.27. The van der Waals surface area contributed by atoms with Gasteiger partial charge in [0.05, 0.1) is 11.0 Å². The van der Waals surface area contributed by atoms with Crippen molar-refractivity contribution in [3.05, 3.63) is 40.3 Å². The summed E-state index contributed by atoms with van der Waals surface area (Å²) >= 11 is 4.87. The van der Waals surface area contributed by atoms with Gasteiger partial charge in [0.2, 0.25) is 6.17 Å². The van der Waals surface area contributed by atoms with Gasteiger partial charge in [0.15, 0.2) is 5.17 Å². The van der Waals surface area contributed by atoms with E-state index in [9.17, 15) is 9.18 Å². The molecule has 0 saturated heterocycles. The summed E-state index contributed by atoms with van der Waals surface area (Å²) in [5.41, 5.74) is 6.91. The monoisotopic (exact) mass is 495 g/mol. The molecule has 162 valence electrons. The third-order valence-corrected chi connectivity index (χ3v) is 6.67. The van der Waals surface area contributed by atoms with Crippen LogP contribution in [-0.4, -0.2) is 41.2 Å². The van der Waals surface area contributed by atoms with E-state index in [-0.39, 0.29) is 18.3 Å². The van der Waals surface area contributed by atoms with Gasteiger partial charge in [0.25, 0.3) is 5.91 Å². The lowest BCUT2D eigenvalue weighted by molar-refractivity contribution is -0.119. The number of allylic oxidation sites excluding steroid dienone is 1. The molecule has 0 bridgehead atoms. The number of thioether (sulfide) groups is 1. The maximum absolute atomic E-state index is 14.2. The van der Waals surface area contributed by atoms with Gasteiger partial charge in [0, 0.05) is 36.5 Å². The number of anilines is 1. The number of rotatable bonds is 6. The molecule has 0 spiro atoms. The number of aliphatic imine (C=N–C) groups is 2. The van der Waals surface area contributed by atoms with Gasteiger partial charge < -0.3 is 16.0 Å². The fourth-order valence-corrected chi connectivity index (χ4v) is 4.88. The van der Waals surface area contributed by atoms with Crippen molar-refractivity contribution >= 4 is 50.7 Å². The fourth-order valence-electron chi connectivity index (χ4n) is 3.54. The first-order chi connectivity index (χ1) is 14.4. The number of hydrogen-bond acceptors (Lipinski definition) is 5. The van der Waals surface area contributed by atoms with Crippen LogP contribution in [0.15, 0.2) is 38.9 Å². The van der Waals surface area contributed by atoms with Crippen LogP contribution in [0.4, 0.5) is 10.1 Å². The normalized spacial score (nSPS) is 20.2. The molecule has 1 saturated carbocycles. The molecule has 1 aromatic rings. The van der Waals surface area contributed by atoms with Crippen molar-refractivity contribution in [2.24, 2.45) is 21.6 Å². The lowest BCUT2D eigenvalue weighted by atomic mass is 9.91. The van der Waals surface area contributed by atoms with E-state index in [1.165, 1.54) is 44.2 Å². The van der Waals surface area contributed by atoms with Gasteiger partial charge in [0.1, 0.15) is 5.82 Å². The Bertz CT molecular complexity index is 854. The van der Waals surface area contributed by atoms with Crippen LogP contribution >= 0.6 is 27.7 Å². The Morgan fingerprint density at radius 3 is 2.90 bits per heavy atom. The van der Waals surface area contributed by atoms with Crippen LogP contribution in [0, 0.1) is 11.7 Å². The van der Waals surface area contributed by atoms with Gasteiger partial charge in [-0.1, -0.05) is 31.0 Å². The Morgan fingerprint density at radius 1 is 1.40 bits per heavy atom. The van der Waals surface area contributed by atoms with Crippen LogP contribution < -0.4 is 11.1 Å². The second-order valence-electron chi connectivity index (χ2n) is 7.60. The van der Waals surface area contributed by atoms with E-state index in [4.69, 9.17) is 5.73 Å². The number of likely N-dealkylation sites (N-methyl/N-ethyl adjacent to an activating group) is 1. The second kappa shape index (κ2) is 10.9. The topological polar surface area (TPSA) is 83.1 Å². The molecule has 1 unspecified atom stereocenters. The largest absolute Gasteiger partial charge is 0.379 e. The van der Waals surface area contributed by atoms with E-state index in [2.05, 4.69) is 31.2 Å². The first kappa shape index (κ1) is 22.8. The fraction of sp³-hybridized carbons (Fsp3) is 0.476. The Kier molecular flexibility index (Phi) is 8.32. The molecular weight excluding hydrogens is 469 g/mol. The highest BCUT2D eigenvalue weighted by molar-refractivity contribution is 9.12. The van der Waals surface area contributed by atoms with E-state index >= 15 is 0 Å². The van der Waals surface area contributed by atoms with Gasteiger partial charge in [-0.05, 0) is 52.9 Å². The zero-order chi connectivity index (χ0) is 21.5. The summed E-state index contributed by atoms with van der Waals surface area (Å²) < 4.78 is 15.0. The highest BCUT2D eigenvalue weighted by atomic mass is 79.9. The molecule has 3 N–H and O–H groups in total. The number of amides is 1. The minimum Gasteiger partial charge on any atom is -0.379 e. The van der Waals surface area contributed by atoms with Gasteiger partial charge in [-0.15, -0.1) is 0 Å².